The predicted octanol–water partition coefficient (Wildman–Crippen LogP) is 14.4. The summed E-state index contributed by atoms with van der Waals surface area (Å²) in [6.07, 6.45) is 0. The molecular weight excluding hydrogens is 631 g/mol. The molecule has 0 aliphatic heterocycles. The second-order valence-corrected chi connectivity index (χ2v) is 13.3. The van der Waals surface area contributed by atoms with E-state index in [4.69, 9.17) is 4.42 Å². The van der Waals surface area contributed by atoms with Gasteiger partial charge in [-0.1, -0.05) is 152 Å². The number of hydrogen-bond acceptors (Lipinski definition) is 2. The van der Waals surface area contributed by atoms with Crippen LogP contribution in [-0.2, 0) is 0 Å². The SMILES string of the molecule is c1ccc(-c2cccc(-c3ccc(N(c4ccccc4)c4cccc(-c5cccc6c5oc5c6ccc6ccc7ccccc7c65)c4)cc3)c2)cc1. The molecule has 0 saturated carbocycles. The Bertz CT molecular complexity index is 2890. The normalized spacial score (nSPS) is 11.5. The van der Waals surface area contributed by atoms with Crippen molar-refractivity contribution >= 4 is 60.5 Å². The number of furan rings is 1. The average molecular weight is 664 g/mol. The van der Waals surface area contributed by atoms with Gasteiger partial charge in [0, 0.05) is 38.8 Å². The van der Waals surface area contributed by atoms with E-state index in [9.17, 15) is 0 Å². The van der Waals surface area contributed by atoms with Crippen LogP contribution >= 0.6 is 0 Å². The van der Waals surface area contributed by atoms with Crippen LogP contribution in [0.4, 0.5) is 17.1 Å². The summed E-state index contributed by atoms with van der Waals surface area (Å²) in [5.41, 5.74) is 12.1. The standard InChI is InChI=1S/C50H33NO/c1-3-12-34(13-4-1)38-15-9-16-39(32-38)35-26-29-42(30-27-35)51(41-18-5-2-6-19-41)43-20-10-17-40(33-43)45-22-11-23-46-47-31-28-37-25-24-36-14-7-8-21-44(36)48(37)50(47)52-49(45)46/h1-33H. The molecule has 0 aliphatic carbocycles. The molecule has 244 valence electrons. The maximum atomic E-state index is 6.91. The second-order valence-electron chi connectivity index (χ2n) is 13.3. The zero-order chi connectivity index (χ0) is 34.4. The molecule has 52 heavy (non-hydrogen) atoms. The van der Waals surface area contributed by atoms with Crippen molar-refractivity contribution in [3.8, 4) is 33.4 Å². The summed E-state index contributed by atoms with van der Waals surface area (Å²) in [5, 5.41) is 7.03. The minimum Gasteiger partial charge on any atom is -0.455 e. The summed E-state index contributed by atoms with van der Waals surface area (Å²) < 4.78 is 6.91. The lowest BCUT2D eigenvalue weighted by molar-refractivity contribution is 0.674. The van der Waals surface area contributed by atoms with Gasteiger partial charge < -0.3 is 9.32 Å². The Kier molecular flexibility index (Phi) is 7.18. The second kappa shape index (κ2) is 12.5. The third kappa shape index (κ3) is 5.12. The van der Waals surface area contributed by atoms with Crippen LogP contribution in [0.5, 0.6) is 0 Å². The molecule has 0 unspecified atom stereocenters. The van der Waals surface area contributed by atoms with Crippen molar-refractivity contribution < 1.29 is 4.42 Å². The topological polar surface area (TPSA) is 16.4 Å². The first-order chi connectivity index (χ1) is 25.8. The van der Waals surface area contributed by atoms with Crippen molar-refractivity contribution in [1.29, 1.82) is 0 Å². The van der Waals surface area contributed by atoms with E-state index in [-0.39, 0.29) is 0 Å². The van der Waals surface area contributed by atoms with Gasteiger partial charge >= 0.3 is 0 Å². The summed E-state index contributed by atoms with van der Waals surface area (Å²) >= 11 is 0. The van der Waals surface area contributed by atoms with E-state index < -0.39 is 0 Å². The lowest BCUT2D eigenvalue weighted by Crippen LogP contribution is -2.09. The molecule has 0 saturated heterocycles. The molecule has 0 aliphatic rings. The monoisotopic (exact) mass is 663 g/mol. The first-order valence-corrected chi connectivity index (χ1v) is 17.8. The van der Waals surface area contributed by atoms with Gasteiger partial charge in [-0.3, -0.25) is 0 Å². The molecule has 0 radical (unpaired) electrons. The molecular formula is C50H33NO. The third-order valence-corrected chi connectivity index (χ3v) is 10.2. The van der Waals surface area contributed by atoms with Crippen LogP contribution in [0.1, 0.15) is 0 Å². The number of rotatable bonds is 6. The lowest BCUT2D eigenvalue weighted by atomic mass is 9.98. The Morgan fingerprint density at radius 2 is 0.865 bits per heavy atom. The van der Waals surface area contributed by atoms with E-state index in [1.54, 1.807) is 0 Å². The van der Waals surface area contributed by atoms with Gasteiger partial charge in [-0.2, -0.15) is 0 Å². The zero-order valence-electron chi connectivity index (χ0n) is 28.4. The molecule has 10 aromatic rings. The van der Waals surface area contributed by atoms with Crippen molar-refractivity contribution in [1.82, 2.24) is 0 Å². The van der Waals surface area contributed by atoms with Gasteiger partial charge in [0.05, 0.1) is 0 Å². The largest absolute Gasteiger partial charge is 0.455 e. The van der Waals surface area contributed by atoms with Gasteiger partial charge in [-0.15, -0.1) is 0 Å². The number of benzene rings is 9. The summed E-state index contributed by atoms with van der Waals surface area (Å²) in [5.74, 6) is 0. The molecule has 2 nitrogen and oxygen atoms in total. The fourth-order valence-electron chi connectivity index (χ4n) is 7.72. The molecule has 1 heterocycles. The van der Waals surface area contributed by atoms with Gasteiger partial charge in [0.1, 0.15) is 11.2 Å². The van der Waals surface area contributed by atoms with Crippen molar-refractivity contribution in [2.24, 2.45) is 0 Å². The van der Waals surface area contributed by atoms with Gasteiger partial charge in [-0.25, -0.2) is 0 Å². The van der Waals surface area contributed by atoms with E-state index >= 15 is 0 Å². The molecule has 0 bridgehead atoms. The van der Waals surface area contributed by atoms with E-state index in [1.807, 2.05) is 0 Å². The fourth-order valence-corrected chi connectivity index (χ4v) is 7.72. The smallest absolute Gasteiger partial charge is 0.143 e. The molecule has 0 atom stereocenters. The molecule has 9 aromatic carbocycles. The zero-order valence-corrected chi connectivity index (χ0v) is 28.4. The van der Waals surface area contributed by atoms with E-state index in [0.717, 1.165) is 55.5 Å². The molecule has 0 N–H and O–H groups in total. The van der Waals surface area contributed by atoms with Crippen LogP contribution in [0.25, 0.3) is 76.9 Å². The van der Waals surface area contributed by atoms with Gasteiger partial charge in [0.25, 0.3) is 0 Å². The van der Waals surface area contributed by atoms with Gasteiger partial charge in [0.15, 0.2) is 0 Å². The third-order valence-electron chi connectivity index (χ3n) is 10.2. The number of nitrogens with zero attached hydrogens (tertiary/aromatic N) is 1. The van der Waals surface area contributed by atoms with Crippen LogP contribution in [0.3, 0.4) is 0 Å². The van der Waals surface area contributed by atoms with E-state index in [2.05, 4.69) is 205 Å². The Hall–Kier alpha value is -6.90. The summed E-state index contributed by atoms with van der Waals surface area (Å²) in [7, 11) is 0. The van der Waals surface area contributed by atoms with Crippen LogP contribution in [0.15, 0.2) is 205 Å². The van der Waals surface area contributed by atoms with Crippen molar-refractivity contribution in [2.45, 2.75) is 0 Å². The fraction of sp³-hybridized carbons (Fsp3) is 0. The molecule has 0 spiro atoms. The maximum absolute atomic E-state index is 6.91. The van der Waals surface area contributed by atoms with Gasteiger partial charge in [0.2, 0.25) is 0 Å². The summed E-state index contributed by atoms with van der Waals surface area (Å²) in [6, 6.07) is 71.5. The first-order valence-electron chi connectivity index (χ1n) is 17.8. The summed E-state index contributed by atoms with van der Waals surface area (Å²) in [4.78, 5) is 2.33. The highest BCUT2D eigenvalue weighted by Gasteiger charge is 2.18. The number of fused-ring (bicyclic) bond motifs is 7. The highest BCUT2D eigenvalue weighted by atomic mass is 16.3. The molecule has 10 rings (SSSR count). The summed E-state index contributed by atoms with van der Waals surface area (Å²) in [6.45, 7) is 0. The Morgan fingerprint density at radius 3 is 1.69 bits per heavy atom. The van der Waals surface area contributed by atoms with E-state index in [0.29, 0.717) is 0 Å². The van der Waals surface area contributed by atoms with Crippen molar-refractivity contribution in [3.05, 3.63) is 200 Å². The number of hydrogen-bond donors (Lipinski definition) is 0. The van der Waals surface area contributed by atoms with Crippen LogP contribution in [0, 0.1) is 0 Å². The average Bonchev–Trinajstić information content (AvgIpc) is 3.61. The molecule has 2 heteroatoms. The lowest BCUT2D eigenvalue weighted by Gasteiger charge is -2.26. The molecule has 0 fully saturated rings. The Labute approximate surface area is 302 Å². The van der Waals surface area contributed by atoms with Crippen molar-refractivity contribution in [2.75, 3.05) is 4.90 Å². The quantitative estimate of drug-likeness (QED) is 0.165. The Balaban J connectivity index is 1.07. The van der Waals surface area contributed by atoms with Gasteiger partial charge in [-0.05, 0) is 92.5 Å². The molecule has 1 aromatic heterocycles. The van der Waals surface area contributed by atoms with Crippen molar-refractivity contribution in [3.63, 3.8) is 0 Å². The van der Waals surface area contributed by atoms with Crippen LogP contribution in [-0.4, -0.2) is 0 Å². The highest BCUT2D eigenvalue weighted by Crippen LogP contribution is 2.43. The predicted molar refractivity (Wildman–Crippen MR) is 220 cm³/mol. The first kappa shape index (κ1) is 30.0. The highest BCUT2D eigenvalue weighted by molar-refractivity contribution is 6.24. The number of anilines is 3. The minimum atomic E-state index is 0.906. The Morgan fingerprint density at radius 1 is 0.308 bits per heavy atom. The van der Waals surface area contributed by atoms with E-state index in [1.165, 1.54) is 38.4 Å². The maximum Gasteiger partial charge on any atom is 0.143 e. The van der Waals surface area contributed by atoms with Crippen LogP contribution < -0.4 is 4.90 Å². The minimum absolute atomic E-state index is 0.906. The molecule has 0 amide bonds. The number of para-hydroxylation sites is 2. The van der Waals surface area contributed by atoms with Crippen LogP contribution in [0.2, 0.25) is 0 Å².